The van der Waals surface area contributed by atoms with E-state index in [4.69, 9.17) is 9.47 Å². The minimum atomic E-state index is -4.90. The molecule has 0 bridgehead atoms. The van der Waals surface area contributed by atoms with Gasteiger partial charge in [-0.15, -0.1) is 13.2 Å². The molecule has 20 heavy (non-hydrogen) atoms. The van der Waals surface area contributed by atoms with E-state index < -0.39 is 24.2 Å². The molecule has 2 rings (SSSR count). The lowest BCUT2D eigenvalue weighted by atomic mass is 10.2. The quantitative estimate of drug-likeness (QED) is 0.831. The molecule has 1 aliphatic heterocycles. The van der Waals surface area contributed by atoms with Crippen LogP contribution in [0.15, 0.2) is 18.2 Å². The number of hydrogen-bond donors (Lipinski definition) is 0. The number of carbonyl (C=O) groups excluding carboxylic acids is 1. The zero-order valence-electron chi connectivity index (χ0n) is 10.1. The standard InChI is InChI=1S/C12H11F3O5/c13-12(14,15)20-9-2-1-7(11(16)17)5-10(9)19-8-3-4-18-6-8/h1-2,5,8H,3-4,6H2,(H,16,17)/p-1. The van der Waals surface area contributed by atoms with Gasteiger partial charge in [0.15, 0.2) is 11.5 Å². The van der Waals surface area contributed by atoms with Gasteiger partial charge in [0.2, 0.25) is 0 Å². The molecule has 110 valence electrons. The summed E-state index contributed by atoms with van der Waals surface area (Å²) in [4.78, 5) is 10.7. The second kappa shape index (κ2) is 5.58. The first-order valence-corrected chi connectivity index (χ1v) is 5.71. The van der Waals surface area contributed by atoms with E-state index in [1.54, 1.807) is 0 Å². The maximum Gasteiger partial charge on any atom is 0.573 e. The van der Waals surface area contributed by atoms with Crippen LogP contribution >= 0.6 is 0 Å². The molecule has 5 nitrogen and oxygen atoms in total. The molecule has 1 fully saturated rings. The number of halogens is 3. The van der Waals surface area contributed by atoms with Crippen LogP contribution in [0.2, 0.25) is 0 Å². The third-order valence-electron chi connectivity index (χ3n) is 2.59. The summed E-state index contributed by atoms with van der Waals surface area (Å²) in [6.45, 7) is 0.654. The molecular weight excluding hydrogens is 281 g/mol. The first-order chi connectivity index (χ1) is 9.35. The summed E-state index contributed by atoms with van der Waals surface area (Å²) in [7, 11) is 0. The van der Waals surface area contributed by atoms with Crippen LogP contribution in [0, 0.1) is 0 Å². The Balaban J connectivity index is 2.26. The summed E-state index contributed by atoms with van der Waals surface area (Å²) in [5.74, 6) is -2.43. The van der Waals surface area contributed by atoms with Crippen LogP contribution in [0.4, 0.5) is 13.2 Å². The Hall–Kier alpha value is -1.96. The summed E-state index contributed by atoms with van der Waals surface area (Å²) in [5.41, 5.74) is -0.298. The average Bonchev–Trinajstić information content (AvgIpc) is 2.82. The van der Waals surface area contributed by atoms with Gasteiger partial charge in [-0.25, -0.2) is 0 Å². The van der Waals surface area contributed by atoms with Crippen LogP contribution < -0.4 is 14.6 Å². The molecule has 0 aromatic heterocycles. The van der Waals surface area contributed by atoms with E-state index >= 15 is 0 Å². The summed E-state index contributed by atoms with van der Waals surface area (Å²) in [5, 5.41) is 10.7. The van der Waals surface area contributed by atoms with Crippen molar-refractivity contribution in [1.82, 2.24) is 0 Å². The molecule has 0 radical (unpaired) electrons. The van der Waals surface area contributed by atoms with E-state index in [2.05, 4.69) is 4.74 Å². The van der Waals surface area contributed by atoms with Crippen LogP contribution in [0.1, 0.15) is 16.8 Å². The van der Waals surface area contributed by atoms with E-state index in [-0.39, 0.29) is 17.9 Å². The van der Waals surface area contributed by atoms with Crippen LogP contribution in [-0.2, 0) is 4.74 Å². The van der Waals surface area contributed by atoms with Crippen LogP contribution in [-0.4, -0.2) is 31.6 Å². The molecule has 0 saturated carbocycles. The van der Waals surface area contributed by atoms with Crippen molar-refractivity contribution in [2.45, 2.75) is 18.9 Å². The number of carboxylic acid groups (broad SMARTS) is 1. The molecule has 0 amide bonds. The number of aromatic carboxylic acids is 1. The van der Waals surface area contributed by atoms with E-state index in [9.17, 15) is 23.1 Å². The largest absolute Gasteiger partial charge is 0.573 e. The number of hydrogen-bond acceptors (Lipinski definition) is 5. The van der Waals surface area contributed by atoms with Crippen LogP contribution in [0.5, 0.6) is 11.5 Å². The van der Waals surface area contributed by atoms with Gasteiger partial charge < -0.3 is 24.1 Å². The average molecular weight is 291 g/mol. The monoisotopic (exact) mass is 291 g/mol. The van der Waals surface area contributed by atoms with Gasteiger partial charge in [0.1, 0.15) is 6.10 Å². The molecule has 8 heteroatoms. The topological polar surface area (TPSA) is 67.8 Å². The number of carboxylic acids is 1. The molecule has 1 aromatic rings. The Morgan fingerprint density at radius 2 is 2.10 bits per heavy atom. The number of ether oxygens (including phenoxy) is 3. The van der Waals surface area contributed by atoms with E-state index in [1.165, 1.54) is 0 Å². The Morgan fingerprint density at radius 3 is 2.65 bits per heavy atom. The Morgan fingerprint density at radius 1 is 1.35 bits per heavy atom. The van der Waals surface area contributed by atoms with Crippen molar-refractivity contribution in [3.8, 4) is 11.5 Å². The predicted octanol–water partition coefficient (Wildman–Crippen LogP) is 1.12. The molecular formula is C12H10F3O5-. The van der Waals surface area contributed by atoms with Gasteiger partial charge in [-0.2, -0.15) is 0 Å². The van der Waals surface area contributed by atoms with Gasteiger partial charge in [-0.3, -0.25) is 0 Å². The third-order valence-corrected chi connectivity index (χ3v) is 2.59. The normalized spacial score (nSPS) is 18.9. The maximum absolute atomic E-state index is 12.3. The van der Waals surface area contributed by atoms with Crippen molar-refractivity contribution in [2.24, 2.45) is 0 Å². The third kappa shape index (κ3) is 3.77. The highest BCUT2D eigenvalue weighted by Gasteiger charge is 2.33. The van der Waals surface area contributed by atoms with E-state index in [1.807, 2.05) is 0 Å². The lowest BCUT2D eigenvalue weighted by molar-refractivity contribution is -0.275. The highest BCUT2D eigenvalue weighted by Crippen LogP contribution is 2.34. The molecule has 0 spiro atoms. The Labute approximate surface area is 111 Å². The summed E-state index contributed by atoms with van der Waals surface area (Å²) in [6, 6.07) is 2.77. The maximum atomic E-state index is 12.3. The summed E-state index contributed by atoms with van der Waals surface area (Å²) in [6.07, 6.45) is -4.84. The summed E-state index contributed by atoms with van der Waals surface area (Å²) < 4.78 is 50.9. The molecule has 1 atom stereocenters. The minimum Gasteiger partial charge on any atom is -0.545 e. The number of alkyl halides is 3. The first-order valence-electron chi connectivity index (χ1n) is 5.71. The lowest BCUT2D eigenvalue weighted by Gasteiger charge is -2.18. The SMILES string of the molecule is O=C([O-])c1ccc(OC(F)(F)F)c(OC2CCOC2)c1. The van der Waals surface area contributed by atoms with Gasteiger partial charge in [0.25, 0.3) is 0 Å². The highest BCUT2D eigenvalue weighted by molar-refractivity contribution is 5.86. The molecule has 1 aromatic carbocycles. The van der Waals surface area contributed by atoms with Crippen LogP contribution in [0.25, 0.3) is 0 Å². The number of benzene rings is 1. The fourth-order valence-corrected chi connectivity index (χ4v) is 1.72. The second-order valence-corrected chi connectivity index (χ2v) is 4.10. The van der Waals surface area contributed by atoms with Crippen molar-refractivity contribution in [1.29, 1.82) is 0 Å². The Kier molecular flexibility index (Phi) is 4.03. The van der Waals surface area contributed by atoms with Crippen molar-refractivity contribution in [3.63, 3.8) is 0 Å². The molecule has 1 heterocycles. The smallest absolute Gasteiger partial charge is 0.545 e. The van der Waals surface area contributed by atoms with Crippen molar-refractivity contribution >= 4 is 5.97 Å². The van der Waals surface area contributed by atoms with Crippen molar-refractivity contribution in [2.75, 3.05) is 13.2 Å². The number of rotatable bonds is 4. The molecule has 1 aliphatic rings. The first kappa shape index (κ1) is 14.4. The van der Waals surface area contributed by atoms with Crippen molar-refractivity contribution in [3.05, 3.63) is 23.8 Å². The molecule has 0 aliphatic carbocycles. The molecule has 1 unspecified atom stereocenters. The van der Waals surface area contributed by atoms with Gasteiger partial charge in [0, 0.05) is 12.0 Å². The second-order valence-electron chi connectivity index (χ2n) is 4.10. The van der Waals surface area contributed by atoms with E-state index in [0.717, 1.165) is 18.2 Å². The zero-order chi connectivity index (χ0) is 14.8. The van der Waals surface area contributed by atoms with Gasteiger partial charge >= 0.3 is 6.36 Å². The number of carbonyl (C=O) groups is 1. The lowest BCUT2D eigenvalue weighted by Crippen LogP contribution is -2.24. The Bertz CT molecular complexity index is 494. The predicted molar refractivity (Wildman–Crippen MR) is 57.3 cm³/mol. The van der Waals surface area contributed by atoms with Gasteiger partial charge in [-0.1, -0.05) is 0 Å². The minimum absolute atomic E-state index is 0.223. The van der Waals surface area contributed by atoms with E-state index in [0.29, 0.717) is 13.0 Å². The zero-order valence-corrected chi connectivity index (χ0v) is 10.1. The van der Waals surface area contributed by atoms with Gasteiger partial charge in [-0.05, 0) is 18.2 Å². The summed E-state index contributed by atoms with van der Waals surface area (Å²) >= 11 is 0. The fraction of sp³-hybridized carbons (Fsp3) is 0.417. The molecule has 1 saturated heterocycles. The molecule has 0 N–H and O–H groups in total. The highest BCUT2D eigenvalue weighted by atomic mass is 19.4. The van der Waals surface area contributed by atoms with Crippen LogP contribution in [0.3, 0.4) is 0 Å². The van der Waals surface area contributed by atoms with Crippen molar-refractivity contribution < 1.29 is 37.3 Å². The fourth-order valence-electron chi connectivity index (χ4n) is 1.72. The van der Waals surface area contributed by atoms with Gasteiger partial charge in [0.05, 0.1) is 19.2 Å².